The largest absolute Gasteiger partial charge is 0.446 e. The van der Waals surface area contributed by atoms with Gasteiger partial charge < -0.3 is 20.0 Å². The Labute approximate surface area is 132 Å². The van der Waals surface area contributed by atoms with E-state index in [9.17, 15) is 9.59 Å². The molecule has 8 heteroatoms. The van der Waals surface area contributed by atoms with Crippen LogP contribution in [0.1, 0.15) is 70.4 Å². The highest BCUT2D eigenvalue weighted by molar-refractivity contribution is 5.94. The molecule has 0 aliphatic heterocycles. The summed E-state index contributed by atoms with van der Waals surface area (Å²) >= 11 is 0. The molecule has 8 nitrogen and oxygen atoms in total. The number of nitrogens with one attached hydrogen (secondary N) is 1. The van der Waals surface area contributed by atoms with E-state index in [1.54, 1.807) is 0 Å². The van der Waals surface area contributed by atoms with Gasteiger partial charge in [0.25, 0.3) is 11.8 Å². The Kier molecular flexibility index (Phi) is 3.17. The number of furan rings is 1. The summed E-state index contributed by atoms with van der Waals surface area (Å²) in [6.45, 7) is 0.279. The molecule has 0 atom stereocenters. The van der Waals surface area contributed by atoms with Crippen molar-refractivity contribution in [3.63, 3.8) is 0 Å². The van der Waals surface area contributed by atoms with Crippen LogP contribution in [0.3, 0.4) is 0 Å². The lowest BCUT2D eigenvalue weighted by molar-refractivity contribution is 0.0912. The summed E-state index contributed by atoms with van der Waals surface area (Å²) < 4.78 is 7.28. The first kappa shape index (κ1) is 14.0. The van der Waals surface area contributed by atoms with Crippen molar-refractivity contribution in [1.29, 1.82) is 0 Å². The fraction of sp³-hybridized carbons (Fsp3) is 0.467. The van der Waals surface area contributed by atoms with Gasteiger partial charge in [-0.15, -0.1) is 10.2 Å². The molecule has 2 aliphatic carbocycles. The summed E-state index contributed by atoms with van der Waals surface area (Å²) in [6.07, 6.45) is 4.61. The number of nitrogens with two attached hydrogens (primary N) is 1. The Morgan fingerprint density at radius 3 is 2.57 bits per heavy atom. The summed E-state index contributed by atoms with van der Waals surface area (Å²) in [4.78, 5) is 23.1. The second kappa shape index (κ2) is 5.22. The van der Waals surface area contributed by atoms with Crippen LogP contribution in [0.15, 0.2) is 16.5 Å². The molecule has 2 aromatic rings. The molecule has 120 valence electrons. The van der Waals surface area contributed by atoms with Gasteiger partial charge in [-0.2, -0.15) is 0 Å². The van der Waals surface area contributed by atoms with Crippen LogP contribution in [0, 0.1) is 0 Å². The standard InChI is InChI=1S/C15H17N5O3/c16-13(21)10-5-6-11(23-10)15(22)17-7-12-18-19-14(8-1-2-8)20(12)9-3-4-9/h5-6,8-9H,1-4,7H2,(H2,16,21)(H,17,22). The van der Waals surface area contributed by atoms with Gasteiger partial charge in [-0.25, -0.2) is 0 Å². The first-order chi connectivity index (χ1) is 11.1. The maximum absolute atomic E-state index is 12.1. The number of nitrogens with zero attached hydrogens (tertiary/aromatic N) is 3. The molecule has 2 aromatic heterocycles. The highest BCUT2D eigenvalue weighted by Gasteiger charge is 2.36. The predicted molar refractivity (Wildman–Crippen MR) is 78.7 cm³/mol. The molecule has 4 rings (SSSR count). The van der Waals surface area contributed by atoms with E-state index in [4.69, 9.17) is 10.2 Å². The molecule has 0 radical (unpaired) electrons. The molecule has 0 unspecified atom stereocenters. The van der Waals surface area contributed by atoms with Crippen LogP contribution in [-0.2, 0) is 6.54 Å². The molecule has 2 heterocycles. The van der Waals surface area contributed by atoms with Crippen LogP contribution in [0.2, 0.25) is 0 Å². The van der Waals surface area contributed by atoms with Crippen molar-refractivity contribution in [3.05, 3.63) is 35.3 Å². The zero-order chi connectivity index (χ0) is 16.0. The van der Waals surface area contributed by atoms with Crippen LogP contribution in [0.4, 0.5) is 0 Å². The molecule has 2 amide bonds. The highest BCUT2D eigenvalue weighted by atomic mass is 16.4. The lowest BCUT2D eigenvalue weighted by Crippen LogP contribution is -2.24. The first-order valence-electron chi connectivity index (χ1n) is 7.75. The van der Waals surface area contributed by atoms with E-state index in [2.05, 4.69) is 20.1 Å². The second-order valence-corrected chi connectivity index (χ2v) is 6.06. The fourth-order valence-electron chi connectivity index (χ4n) is 2.65. The van der Waals surface area contributed by atoms with Crippen molar-refractivity contribution in [2.75, 3.05) is 0 Å². The third kappa shape index (κ3) is 2.71. The van der Waals surface area contributed by atoms with Crippen molar-refractivity contribution in [1.82, 2.24) is 20.1 Å². The second-order valence-electron chi connectivity index (χ2n) is 6.06. The monoisotopic (exact) mass is 315 g/mol. The van der Waals surface area contributed by atoms with Crippen molar-refractivity contribution < 1.29 is 14.0 Å². The number of carbonyl (C=O) groups is 2. The van der Waals surface area contributed by atoms with Crippen LogP contribution in [0.5, 0.6) is 0 Å². The van der Waals surface area contributed by atoms with Crippen LogP contribution in [0.25, 0.3) is 0 Å². The summed E-state index contributed by atoms with van der Waals surface area (Å²) in [5.41, 5.74) is 5.10. The van der Waals surface area contributed by atoms with Gasteiger partial charge in [-0.05, 0) is 37.8 Å². The van der Waals surface area contributed by atoms with Crippen molar-refractivity contribution in [2.45, 2.75) is 44.2 Å². The SMILES string of the molecule is NC(=O)c1ccc(C(=O)NCc2nnc(C3CC3)n2C2CC2)o1. The lowest BCUT2D eigenvalue weighted by atomic mass is 10.3. The summed E-state index contributed by atoms with van der Waals surface area (Å²) in [5.74, 6) is 1.25. The molecular formula is C15H17N5O3. The molecule has 0 bridgehead atoms. The number of primary amides is 1. The maximum Gasteiger partial charge on any atom is 0.287 e. The Morgan fingerprint density at radius 2 is 1.96 bits per heavy atom. The molecule has 2 fully saturated rings. The maximum atomic E-state index is 12.1. The minimum absolute atomic E-state index is 0.0349. The van der Waals surface area contributed by atoms with Crippen LogP contribution >= 0.6 is 0 Å². The van der Waals surface area contributed by atoms with E-state index < -0.39 is 11.8 Å². The minimum Gasteiger partial charge on any atom is -0.446 e. The number of carbonyl (C=O) groups excluding carboxylic acids is 2. The van der Waals surface area contributed by atoms with Crippen LogP contribution in [-0.4, -0.2) is 26.6 Å². The molecule has 3 N–H and O–H groups in total. The van der Waals surface area contributed by atoms with Crippen molar-refractivity contribution in [2.24, 2.45) is 5.73 Å². The Balaban J connectivity index is 1.46. The number of hydrogen-bond acceptors (Lipinski definition) is 5. The highest BCUT2D eigenvalue weighted by Crippen LogP contribution is 2.44. The zero-order valence-electron chi connectivity index (χ0n) is 12.5. The third-order valence-corrected chi connectivity index (χ3v) is 4.13. The van der Waals surface area contributed by atoms with Gasteiger partial charge in [0.15, 0.2) is 17.3 Å². The van der Waals surface area contributed by atoms with E-state index >= 15 is 0 Å². The zero-order valence-corrected chi connectivity index (χ0v) is 12.5. The normalized spacial score (nSPS) is 17.2. The third-order valence-electron chi connectivity index (χ3n) is 4.13. The van der Waals surface area contributed by atoms with Crippen molar-refractivity contribution in [3.8, 4) is 0 Å². The quantitative estimate of drug-likeness (QED) is 0.828. The van der Waals surface area contributed by atoms with Gasteiger partial charge in [0.1, 0.15) is 5.82 Å². The van der Waals surface area contributed by atoms with Gasteiger partial charge in [0.2, 0.25) is 0 Å². The lowest BCUT2D eigenvalue weighted by Gasteiger charge is -2.08. The van der Waals surface area contributed by atoms with Crippen LogP contribution < -0.4 is 11.1 Å². The Bertz CT molecular complexity index is 770. The molecular weight excluding hydrogens is 298 g/mol. The average Bonchev–Trinajstić information content (AvgIpc) is 3.46. The number of hydrogen-bond donors (Lipinski definition) is 2. The number of amides is 2. The van der Waals surface area contributed by atoms with Gasteiger partial charge in [0.05, 0.1) is 6.54 Å². The minimum atomic E-state index is -0.702. The van der Waals surface area contributed by atoms with Crippen molar-refractivity contribution >= 4 is 11.8 Å². The smallest absolute Gasteiger partial charge is 0.287 e. The van der Waals surface area contributed by atoms with E-state index in [-0.39, 0.29) is 18.1 Å². The topological polar surface area (TPSA) is 116 Å². The van der Waals surface area contributed by atoms with Gasteiger partial charge >= 0.3 is 0 Å². The predicted octanol–water partition coefficient (Wildman–Crippen LogP) is 1.11. The Hall–Kier alpha value is -2.64. The molecule has 0 spiro atoms. The molecule has 2 saturated carbocycles. The molecule has 23 heavy (non-hydrogen) atoms. The van der Waals surface area contributed by atoms with E-state index in [1.165, 1.54) is 25.0 Å². The van der Waals surface area contributed by atoms with Gasteiger partial charge in [0, 0.05) is 12.0 Å². The number of rotatable bonds is 6. The molecule has 0 aromatic carbocycles. The molecule has 2 aliphatic rings. The average molecular weight is 315 g/mol. The molecule has 0 saturated heterocycles. The van der Waals surface area contributed by atoms with Gasteiger partial charge in [-0.3, -0.25) is 9.59 Å². The summed E-state index contributed by atoms with van der Waals surface area (Å²) in [5, 5.41) is 11.3. The van der Waals surface area contributed by atoms with E-state index in [0.29, 0.717) is 12.0 Å². The fourth-order valence-corrected chi connectivity index (χ4v) is 2.65. The van der Waals surface area contributed by atoms with E-state index in [1.807, 2.05) is 0 Å². The summed E-state index contributed by atoms with van der Waals surface area (Å²) in [7, 11) is 0. The van der Waals surface area contributed by atoms with E-state index in [0.717, 1.165) is 24.5 Å². The Morgan fingerprint density at radius 1 is 1.22 bits per heavy atom. The van der Waals surface area contributed by atoms with Gasteiger partial charge in [-0.1, -0.05) is 0 Å². The first-order valence-corrected chi connectivity index (χ1v) is 7.75. The number of aromatic nitrogens is 3. The summed E-state index contributed by atoms with van der Waals surface area (Å²) in [6, 6.07) is 3.28.